The van der Waals surface area contributed by atoms with Gasteiger partial charge >= 0.3 is 0 Å². The van der Waals surface area contributed by atoms with Gasteiger partial charge < -0.3 is 5.32 Å². The number of amides is 1. The Labute approximate surface area is 164 Å². The Morgan fingerprint density at radius 3 is 2.40 bits per heavy atom. The molecule has 138 valence electrons. The third-order valence-corrected chi connectivity index (χ3v) is 8.22. The van der Waals surface area contributed by atoms with Crippen molar-refractivity contribution in [2.45, 2.75) is 77.8 Å². The molecule has 1 amide bonds. The zero-order chi connectivity index (χ0) is 17.6. The van der Waals surface area contributed by atoms with E-state index in [-0.39, 0.29) is 5.91 Å². The molecule has 4 fully saturated rings. The molecule has 5 rings (SSSR count). The standard InChI is InChI=1S/C20H30IN3O/c1-3-18(20-9-14-6-15(10-20)8-16(7-14)11-20)23-19(25)4-5-24-13(2)17(21)12-22-24/h12,14-16,18H,3-11H2,1-2H3,(H,23,25). The molecule has 1 atom stereocenters. The number of carbonyl (C=O) groups is 1. The van der Waals surface area contributed by atoms with Gasteiger partial charge in [-0.2, -0.15) is 5.10 Å². The minimum atomic E-state index is 0.201. The maximum absolute atomic E-state index is 12.6. The van der Waals surface area contributed by atoms with Gasteiger partial charge in [0.1, 0.15) is 0 Å². The topological polar surface area (TPSA) is 46.9 Å². The number of rotatable bonds is 6. The van der Waals surface area contributed by atoms with Crippen molar-refractivity contribution in [1.82, 2.24) is 15.1 Å². The van der Waals surface area contributed by atoms with Crippen molar-refractivity contribution in [3.05, 3.63) is 15.5 Å². The first-order valence-corrected chi connectivity index (χ1v) is 11.0. The van der Waals surface area contributed by atoms with Crippen molar-refractivity contribution in [1.29, 1.82) is 0 Å². The highest BCUT2D eigenvalue weighted by Gasteiger charge is 2.53. The number of hydrogen-bond acceptors (Lipinski definition) is 2. The maximum atomic E-state index is 12.6. The average molecular weight is 455 g/mol. The van der Waals surface area contributed by atoms with Crippen LogP contribution in [-0.2, 0) is 11.3 Å². The summed E-state index contributed by atoms with van der Waals surface area (Å²) in [5, 5.41) is 7.81. The molecular formula is C20H30IN3O. The van der Waals surface area contributed by atoms with Crippen molar-refractivity contribution >= 4 is 28.5 Å². The van der Waals surface area contributed by atoms with Gasteiger partial charge in [-0.05, 0) is 97.6 Å². The molecule has 25 heavy (non-hydrogen) atoms. The molecule has 1 heterocycles. The molecule has 0 aliphatic heterocycles. The SMILES string of the molecule is CCC(NC(=O)CCn1ncc(I)c1C)C12CC3CC(CC(C3)C1)C2. The Bertz CT molecular complexity index is 618. The molecule has 1 aromatic rings. The second-order valence-corrected chi connectivity index (χ2v) is 10.0. The largest absolute Gasteiger partial charge is 0.353 e. The van der Waals surface area contributed by atoms with Crippen LogP contribution in [0.1, 0.15) is 64.0 Å². The molecule has 0 aromatic carbocycles. The van der Waals surface area contributed by atoms with Crippen LogP contribution in [0, 0.1) is 33.7 Å². The molecule has 1 N–H and O–H groups in total. The summed E-state index contributed by atoms with van der Waals surface area (Å²) < 4.78 is 3.12. The Morgan fingerprint density at radius 1 is 1.32 bits per heavy atom. The fourth-order valence-corrected chi connectivity index (χ4v) is 6.82. The van der Waals surface area contributed by atoms with Gasteiger partial charge in [0, 0.05) is 24.7 Å². The summed E-state index contributed by atoms with van der Waals surface area (Å²) in [6, 6.07) is 0.368. The first kappa shape index (κ1) is 17.8. The predicted octanol–water partition coefficient (Wildman–Crippen LogP) is 4.30. The number of aromatic nitrogens is 2. The number of hydrogen-bond donors (Lipinski definition) is 1. The predicted molar refractivity (Wildman–Crippen MR) is 107 cm³/mol. The van der Waals surface area contributed by atoms with Crippen molar-refractivity contribution in [2.75, 3.05) is 0 Å². The Morgan fingerprint density at radius 2 is 1.92 bits per heavy atom. The summed E-state index contributed by atoms with van der Waals surface area (Å²) in [6.07, 6.45) is 11.9. The van der Waals surface area contributed by atoms with E-state index in [0.717, 1.165) is 33.4 Å². The second-order valence-electron chi connectivity index (χ2n) is 8.86. The van der Waals surface area contributed by atoms with Gasteiger partial charge in [0.05, 0.1) is 9.77 Å². The van der Waals surface area contributed by atoms with Crippen molar-refractivity contribution < 1.29 is 4.79 Å². The summed E-state index contributed by atoms with van der Waals surface area (Å²) in [5.41, 5.74) is 1.55. The van der Waals surface area contributed by atoms with Crippen LogP contribution in [0.5, 0.6) is 0 Å². The lowest BCUT2D eigenvalue weighted by Crippen LogP contribution is -2.56. The molecule has 4 aliphatic rings. The van der Waals surface area contributed by atoms with Crippen LogP contribution in [0.25, 0.3) is 0 Å². The fraction of sp³-hybridized carbons (Fsp3) is 0.800. The summed E-state index contributed by atoms with van der Waals surface area (Å²) in [7, 11) is 0. The van der Waals surface area contributed by atoms with E-state index in [4.69, 9.17) is 0 Å². The lowest BCUT2D eigenvalue weighted by molar-refractivity contribution is -0.126. The van der Waals surface area contributed by atoms with Gasteiger partial charge in [-0.25, -0.2) is 0 Å². The summed E-state index contributed by atoms with van der Waals surface area (Å²) in [4.78, 5) is 12.6. The zero-order valence-electron chi connectivity index (χ0n) is 15.4. The highest BCUT2D eigenvalue weighted by molar-refractivity contribution is 14.1. The van der Waals surface area contributed by atoms with Crippen molar-refractivity contribution in [3.8, 4) is 0 Å². The average Bonchev–Trinajstić information content (AvgIpc) is 2.88. The van der Waals surface area contributed by atoms with E-state index in [2.05, 4.69) is 46.9 Å². The first-order chi connectivity index (χ1) is 12.0. The van der Waals surface area contributed by atoms with E-state index in [1.807, 2.05) is 10.9 Å². The van der Waals surface area contributed by atoms with Crippen LogP contribution < -0.4 is 5.32 Å². The Hall–Kier alpha value is -0.590. The highest BCUT2D eigenvalue weighted by Crippen LogP contribution is 2.61. The van der Waals surface area contributed by atoms with Gasteiger partial charge in [-0.3, -0.25) is 9.48 Å². The number of halogens is 1. The number of nitrogens with zero attached hydrogens (tertiary/aromatic N) is 2. The molecule has 1 unspecified atom stereocenters. The minimum Gasteiger partial charge on any atom is -0.353 e. The molecule has 4 nitrogen and oxygen atoms in total. The van der Waals surface area contributed by atoms with E-state index < -0.39 is 0 Å². The lowest BCUT2D eigenvalue weighted by atomic mass is 9.47. The molecule has 1 aromatic heterocycles. The monoisotopic (exact) mass is 455 g/mol. The summed E-state index contributed by atoms with van der Waals surface area (Å²) in [5.74, 6) is 3.01. The van der Waals surface area contributed by atoms with Crippen LogP contribution in [0.3, 0.4) is 0 Å². The smallest absolute Gasteiger partial charge is 0.222 e. The van der Waals surface area contributed by atoms with Crippen LogP contribution in [0.4, 0.5) is 0 Å². The van der Waals surface area contributed by atoms with Gasteiger partial charge in [-0.15, -0.1) is 0 Å². The van der Waals surface area contributed by atoms with Gasteiger partial charge in [0.15, 0.2) is 0 Å². The number of carbonyl (C=O) groups excluding carboxylic acids is 1. The summed E-state index contributed by atoms with van der Waals surface area (Å²) in [6.45, 7) is 5.00. The first-order valence-electron chi connectivity index (χ1n) is 9.96. The maximum Gasteiger partial charge on any atom is 0.222 e. The minimum absolute atomic E-state index is 0.201. The second kappa shape index (κ2) is 6.86. The van der Waals surface area contributed by atoms with E-state index >= 15 is 0 Å². The van der Waals surface area contributed by atoms with Crippen molar-refractivity contribution in [2.24, 2.45) is 23.2 Å². The van der Waals surface area contributed by atoms with Crippen LogP contribution >= 0.6 is 22.6 Å². The van der Waals surface area contributed by atoms with E-state index in [1.54, 1.807) is 0 Å². The molecule has 0 radical (unpaired) electrons. The van der Waals surface area contributed by atoms with E-state index in [1.165, 1.54) is 38.5 Å². The number of nitrogens with one attached hydrogen (secondary N) is 1. The quantitative estimate of drug-likeness (QED) is 0.651. The molecular weight excluding hydrogens is 425 g/mol. The van der Waals surface area contributed by atoms with Gasteiger partial charge in [0.25, 0.3) is 0 Å². The van der Waals surface area contributed by atoms with E-state index in [9.17, 15) is 4.79 Å². The van der Waals surface area contributed by atoms with Crippen molar-refractivity contribution in [3.63, 3.8) is 0 Å². The Kier molecular flexibility index (Phi) is 4.88. The molecule has 0 saturated heterocycles. The zero-order valence-corrected chi connectivity index (χ0v) is 17.6. The van der Waals surface area contributed by atoms with Crippen LogP contribution in [-0.4, -0.2) is 21.7 Å². The van der Waals surface area contributed by atoms with Gasteiger partial charge in [-0.1, -0.05) is 6.92 Å². The van der Waals surface area contributed by atoms with Crippen LogP contribution in [0.15, 0.2) is 6.20 Å². The molecule has 0 spiro atoms. The van der Waals surface area contributed by atoms with E-state index in [0.29, 0.717) is 24.4 Å². The Balaban J connectivity index is 1.38. The highest BCUT2D eigenvalue weighted by atomic mass is 127. The molecule has 4 bridgehead atoms. The fourth-order valence-electron chi connectivity index (χ4n) is 6.42. The normalized spacial score (nSPS) is 34.3. The third-order valence-electron chi connectivity index (χ3n) is 7.16. The molecule has 4 saturated carbocycles. The van der Waals surface area contributed by atoms with Crippen LogP contribution in [0.2, 0.25) is 0 Å². The third kappa shape index (κ3) is 3.37. The van der Waals surface area contributed by atoms with Gasteiger partial charge in [0.2, 0.25) is 5.91 Å². The molecule has 4 aliphatic carbocycles. The lowest BCUT2D eigenvalue weighted by Gasteiger charge is -2.59. The summed E-state index contributed by atoms with van der Waals surface area (Å²) >= 11 is 2.29. The number of aryl methyl sites for hydroxylation is 1. The molecule has 5 heteroatoms.